The minimum atomic E-state index is -0.822. The predicted molar refractivity (Wildman–Crippen MR) is 91.9 cm³/mol. The number of carbonyl (C=O) groups excluding carboxylic acids is 2. The van der Waals surface area contributed by atoms with E-state index in [1.807, 2.05) is 26.0 Å². The third kappa shape index (κ3) is 5.49. The van der Waals surface area contributed by atoms with Gasteiger partial charge in [-0.3, -0.25) is 4.79 Å². The number of hydrogen-bond acceptors (Lipinski definition) is 5. The summed E-state index contributed by atoms with van der Waals surface area (Å²) in [5.74, 6) is -0.499. The highest BCUT2D eigenvalue weighted by atomic mass is 16.6. The van der Waals surface area contributed by atoms with E-state index in [9.17, 15) is 14.9 Å². The summed E-state index contributed by atoms with van der Waals surface area (Å²) >= 11 is 0. The summed E-state index contributed by atoms with van der Waals surface area (Å²) in [4.78, 5) is 23.7. The number of amides is 1. The van der Waals surface area contributed by atoms with Crippen molar-refractivity contribution in [3.05, 3.63) is 29.3 Å². The lowest BCUT2D eigenvalue weighted by Crippen LogP contribution is -2.50. The Morgan fingerprint density at radius 1 is 1.16 bits per heavy atom. The van der Waals surface area contributed by atoms with E-state index >= 15 is 0 Å². The number of rotatable bonds is 6. The first-order chi connectivity index (χ1) is 11.9. The smallest absolute Gasteiger partial charge is 0.344 e. The Hall–Kier alpha value is -2.55. The first-order valence-electron chi connectivity index (χ1n) is 8.52. The molecule has 1 saturated carbocycles. The molecule has 0 radical (unpaired) electrons. The first kappa shape index (κ1) is 18.8. The van der Waals surface area contributed by atoms with Gasteiger partial charge in [0, 0.05) is 0 Å². The summed E-state index contributed by atoms with van der Waals surface area (Å²) < 4.78 is 10.3. The third-order valence-electron chi connectivity index (χ3n) is 4.50. The highest BCUT2D eigenvalue weighted by molar-refractivity contribution is 5.81. The van der Waals surface area contributed by atoms with Crippen molar-refractivity contribution in [2.75, 3.05) is 13.2 Å². The van der Waals surface area contributed by atoms with Gasteiger partial charge in [0.2, 0.25) is 0 Å². The van der Waals surface area contributed by atoms with Gasteiger partial charge in [0.25, 0.3) is 5.91 Å². The Morgan fingerprint density at radius 2 is 1.88 bits per heavy atom. The lowest BCUT2D eigenvalue weighted by Gasteiger charge is -2.31. The summed E-state index contributed by atoms with van der Waals surface area (Å²) in [7, 11) is 0. The van der Waals surface area contributed by atoms with E-state index in [1.54, 1.807) is 6.07 Å². The van der Waals surface area contributed by atoms with Gasteiger partial charge in [-0.15, -0.1) is 0 Å². The first-order valence-corrected chi connectivity index (χ1v) is 8.52. The van der Waals surface area contributed by atoms with Crippen LogP contribution >= 0.6 is 0 Å². The number of ether oxygens (including phenoxy) is 2. The molecule has 0 spiro atoms. The minimum Gasteiger partial charge on any atom is -0.482 e. The maximum atomic E-state index is 12.0. The molecule has 1 aromatic rings. The molecule has 0 bridgehead atoms. The number of carbonyl (C=O) groups is 2. The second kappa shape index (κ2) is 8.52. The molecule has 0 aliphatic heterocycles. The van der Waals surface area contributed by atoms with E-state index < -0.39 is 24.0 Å². The maximum absolute atomic E-state index is 12.0. The molecule has 1 aliphatic carbocycles. The van der Waals surface area contributed by atoms with Gasteiger partial charge >= 0.3 is 5.97 Å². The zero-order valence-corrected chi connectivity index (χ0v) is 14.8. The summed E-state index contributed by atoms with van der Waals surface area (Å²) in [5.41, 5.74) is 1.39. The van der Waals surface area contributed by atoms with Crippen molar-refractivity contribution in [2.24, 2.45) is 0 Å². The standard InChI is InChI=1S/C19H24N2O4/c1-14-6-7-16(10-15(14)2)24-12-18(23)25-11-17(22)21-19(13-20)8-4-3-5-9-19/h6-7,10H,3-5,8-9,11-12H2,1-2H3,(H,21,22). The van der Waals surface area contributed by atoms with Crippen molar-refractivity contribution >= 4 is 11.9 Å². The molecule has 25 heavy (non-hydrogen) atoms. The van der Waals surface area contributed by atoms with Crippen LogP contribution in [0.3, 0.4) is 0 Å². The molecule has 1 amide bonds. The number of hydrogen-bond donors (Lipinski definition) is 1. The molecule has 0 atom stereocenters. The topological polar surface area (TPSA) is 88.4 Å². The Kier molecular flexibility index (Phi) is 6.40. The fourth-order valence-electron chi connectivity index (χ4n) is 2.86. The molecule has 6 nitrogen and oxygen atoms in total. The molecular weight excluding hydrogens is 320 g/mol. The molecule has 1 N–H and O–H groups in total. The second-order valence-electron chi connectivity index (χ2n) is 6.50. The van der Waals surface area contributed by atoms with Crippen LogP contribution in [0.1, 0.15) is 43.2 Å². The van der Waals surface area contributed by atoms with Gasteiger partial charge in [-0.1, -0.05) is 25.3 Å². The van der Waals surface area contributed by atoms with Gasteiger partial charge in [0.15, 0.2) is 13.2 Å². The van der Waals surface area contributed by atoms with E-state index in [2.05, 4.69) is 11.4 Å². The fraction of sp³-hybridized carbons (Fsp3) is 0.526. The molecule has 0 saturated heterocycles. The molecule has 134 valence electrons. The number of nitriles is 1. The van der Waals surface area contributed by atoms with Crippen LogP contribution in [0, 0.1) is 25.2 Å². The normalized spacial score (nSPS) is 15.7. The summed E-state index contributed by atoms with van der Waals surface area (Å²) in [6.07, 6.45) is 4.18. The van der Waals surface area contributed by atoms with Crippen molar-refractivity contribution in [1.29, 1.82) is 5.26 Å². The molecule has 1 aliphatic rings. The van der Waals surface area contributed by atoms with E-state index in [0.717, 1.165) is 30.4 Å². The van der Waals surface area contributed by atoms with Crippen LogP contribution in [0.5, 0.6) is 5.75 Å². The van der Waals surface area contributed by atoms with Crippen LogP contribution in [0.25, 0.3) is 0 Å². The van der Waals surface area contributed by atoms with E-state index in [4.69, 9.17) is 9.47 Å². The number of aryl methyl sites for hydroxylation is 2. The summed E-state index contributed by atoms with van der Waals surface area (Å²) in [5, 5.41) is 12.0. The molecular formula is C19H24N2O4. The summed E-state index contributed by atoms with van der Waals surface area (Å²) in [6.45, 7) is 3.28. The number of benzene rings is 1. The van der Waals surface area contributed by atoms with Crippen LogP contribution in [0.2, 0.25) is 0 Å². The lowest BCUT2D eigenvalue weighted by molar-refractivity contribution is -0.150. The maximum Gasteiger partial charge on any atom is 0.344 e. The molecule has 0 unspecified atom stereocenters. The van der Waals surface area contributed by atoms with Gasteiger partial charge in [0.05, 0.1) is 6.07 Å². The molecule has 6 heteroatoms. The van der Waals surface area contributed by atoms with Crippen molar-refractivity contribution in [3.63, 3.8) is 0 Å². The van der Waals surface area contributed by atoms with Crippen LogP contribution < -0.4 is 10.1 Å². The lowest BCUT2D eigenvalue weighted by atomic mass is 9.83. The highest BCUT2D eigenvalue weighted by Gasteiger charge is 2.33. The number of nitrogens with zero attached hydrogens (tertiary/aromatic N) is 1. The van der Waals surface area contributed by atoms with Gasteiger partial charge < -0.3 is 14.8 Å². The quantitative estimate of drug-likeness (QED) is 0.801. The third-order valence-corrected chi connectivity index (χ3v) is 4.50. The van der Waals surface area contributed by atoms with Gasteiger partial charge in [-0.05, 0) is 49.9 Å². The van der Waals surface area contributed by atoms with E-state index in [1.165, 1.54) is 0 Å². The van der Waals surface area contributed by atoms with Crippen LogP contribution in [0.15, 0.2) is 18.2 Å². The Labute approximate surface area is 148 Å². The number of nitrogens with one attached hydrogen (secondary N) is 1. The van der Waals surface area contributed by atoms with E-state index in [-0.39, 0.29) is 6.61 Å². The van der Waals surface area contributed by atoms with Crippen molar-refractivity contribution in [3.8, 4) is 11.8 Å². The van der Waals surface area contributed by atoms with E-state index in [0.29, 0.717) is 18.6 Å². The highest BCUT2D eigenvalue weighted by Crippen LogP contribution is 2.27. The monoisotopic (exact) mass is 344 g/mol. The van der Waals surface area contributed by atoms with Gasteiger partial charge in [-0.2, -0.15) is 5.26 Å². The van der Waals surface area contributed by atoms with Gasteiger partial charge in [-0.25, -0.2) is 4.79 Å². The van der Waals surface area contributed by atoms with Crippen LogP contribution in [-0.4, -0.2) is 30.6 Å². The molecule has 1 fully saturated rings. The minimum absolute atomic E-state index is 0.265. The molecule has 0 heterocycles. The SMILES string of the molecule is Cc1ccc(OCC(=O)OCC(=O)NC2(C#N)CCCCC2)cc1C. The largest absolute Gasteiger partial charge is 0.482 e. The number of esters is 1. The second-order valence-corrected chi connectivity index (χ2v) is 6.50. The van der Waals surface area contributed by atoms with Crippen LogP contribution in [-0.2, 0) is 14.3 Å². The summed E-state index contributed by atoms with van der Waals surface area (Å²) in [6, 6.07) is 7.73. The van der Waals surface area contributed by atoms with Crippen molar-refractivity contribution < 1.29 is 19.1 Å². The molecule has 2 rings (SSSR count). The Morgan fingerprint density at radius 3 is 2.52 bits per heavy atom. The average Bonchev–Trinajstić information content (AvgIpc) is 2.61. The van der Waals surface area contributed by atoms with Gasteiger partial charge in [0.1, 0.15) is 11.3 Å². The predicted octanol–water partition coefficient (Wildman–Crippen LogP) is 2.57. The van der Waals surface area contributed by atoms with Crippen molar-refractivity contribution in [2.45, 2.75) is 51.5 Å². The zero-order chi connectivity index (χ0) is 18.3. The average molecular weight is 344 g/mol. The Balaban J connectivity index is 1.74. The Bertz CT molecular complexity index is 672. The zero-order valence-electron chi connectivity index (χ0n) is 14.8. The fourth-order valence-corrected chi connectivity index (χ4v) is 2.86. The van der Waals surface area contributed by atoms with Crippen LogP contribution in [0.4, 0.5) is 0 Å². The molecule has 1 aromatic carbocycles. The molecule has 0 aromatic heterocycles. The van der Waals surface area contributed by atoms with Crippen molar-refractivity contribution in [1.82, 2.24) is 5.32 Å².